The monoisotopic (exact) mass is 229 g/mol. The van der Waals surface area contributed by atoms with Gasteiger partial charge in [-0.15, -0.1) is 0 Å². The maximum Gasteiger partial charge on any atom is 0.245 e. The lowest BCUT2D eigenvalue weighted by molar-refractivity contribution is 0.571. The molecule has 0 unspecified atom stereocenters. The summed E-state index contributed by atoms with van der Waals surface area (Å²) < 4.78 is 5.34. The minimum absolute atomic E-state index is 0.495. The molecule has 0 spiro atoms. The van der Waals surface area contributed by atoms with Crippen LogP contribution in [0.3, 0.4) is 0 Å². The smallest absolute Gasteiger partial charge is 0.245 e. The van der Waals surface area contributed by atoms with E-state index in [9.17, 15) is 0 Å². The molecule has 86 valence electrons. The molecule has 3 rings (SSSR count). The van der Waals surface area contributed by atoms with Crippen LogP contribution in [0.1, 0.15) is 11.4 Å². The van der Waals surface area contributed by atoms with Crippen LogP contribution in [0.2, 0.25) is 0 Å². The van der Waals surface area contributed by atoms with Crippen LogP contribution in [0, 0.1) is 13.8 Å². The molecule has 0 radical (unpaired) electrons. The molecule has 0 amide bonds. The quantitative estimate of drug-likeness (QED) is 0.663. The number of pyridine rings is 1. The summed E-state index contributed by atoms with van der Waals surface area (Å²) >= 11 is 0. The average molecular weight is 229 g/mol. The zero-order chi connectivity index (χ0) is 12.0. The number of fused-ring (bicyclic) bond motifs is 1. The van der Waals surface area contributed by atoms with Crippen LogP contribution in [0.4, 0.5) is 5.69 Å². The summed E-state index contributed by atoms with van der Waals surface area (Å²) in [5.74, 6) is 0.495. The number of anilines is 1. The summed E-state index contributed by atoms with van der Waals surface area (Å²) in [5.41, 5.74) is 9.36. The molecule has 17 heavy (non-hydrogen) atoms. The van der Waals surface area contributed by atoms with Crippen LogP contribution >= 0.6 is 0 Å². The van der Waals surface area contributed by atoms with Crippen LogP contribution in [0.15, 0.2) is 16.7 Å². The van der Waals surface area contributed by atoms with Crippen molar-refractivity contribution in [3.63, 3.8) is 0 Å². The molecule has 6 heteroatoms. The fourth-order valence-electron chi connectivity index (χ4n) is 1.68. The van der Waals surface area contributed by atoms with E-state index in [2.05, 4.69) is 20.2 Å². The first kappa shape index (κ1) is 9.83. The molecule has 3 aromatic rings. The number of oxazole rings is 1. The van der Waals surface area contributed by atoms with Gasteiger partial charge in [0.25, 0.3) is 0 Å². The third-order valence-corrected chi connectivity index (χ3v) is 2.61. The molecule has 3 aromatic heterocycles. The first-order valence-electron chi connectivity index (χ1n) is 5.19. The fraction of sp³-hybridized carbons (Fsp3) is 0.182. The lowest BCUT2D eigenvalue weighted by atomic mass is 10.2. The molecule has 0 aliphatic carbocycles. The summed E-state index contributed by atoms with van der Waals surface area (Å²) in [6, 6.07) is 1.83. The van der Waals surface area contributed by atoms with Crippen molar-refractivity contribution in [2.24, 2.45) is 0 Å². The average Bonchev–Trinajstić information content (AvgIpc) is 2.86. The van der Waals surface area contributed by atoms with E-state index >= 15 is 0 Å². The lowest BCUT2D eigenvalue weighted by Crippen LogP contribution is -1.92. The van der Waals surface area contributed by atoms with Crippen LogP contribution in [0.25, 0.3) is 22.6 Å². The molecule has 6 nitrogen and oxygen atoms in total. The minimum atomic E-state index is 0.495. The van der Waals surface area contributed by atoms with E-state index in [1.807, 2.05) is 19.9 Å². The van der Waals surface area contributed by atoms with Crippen LogP contribution in [-0.4, -0.2) is 20.2 Å². The molecular formula is C11H11N5O. The highest BCUT2D eigenvalue weighted by Crippen LogP contribution is 2.26. The number of H-pyrrole nitrogens is 1. The molecule has 0 atom stereocenters. The highest BCUT2D eigenvalue weighted by Gasteiger charge is 2.14. The van der Waals surface area contributed by atoms with Gasteiger partial charge in [0.2, 0.25) is 5.89 Å². The zero-order valence-corrected chi connectivity index (χ0v) is 9.48. The molecular weight excluding hydrogens is 218 g/mol. The van der Waals surface area contributed by atoms with Crippen molar-refractivity contribution in [2.75, 3.05) is 5.73 Å². The highest BCUT2D eigenvalue weighted by molar-refractivity contribution is 5.90. The molecule has 0 bridgehead atoms. The van der Waals surface area contributed by atoms with E-state index in [1.54, 1.807) is 6.26 Å². The van der Waals surface area contributed by atoms with E-state index in [-0.39, 0.29) is 0 Å². The number of aryl methyl sites for hydroxylation is 2. The van der Waals surface area contributed by atoms with Crippen molar-refractivity contribution >= 4 is 16.7 Å². The summed E-state index contributed by atoms with van der Waals surface area (Å²) in [6.45, 7) is 3.71. The molecule has 0 aliphatic rings. The fourth-order valence-corrected chi connectivity index (χ4v) is 1.68. The van der Waals surface area contributed by atoms with Crippen molar-refractivity contribution in [3.8, 4) is 11.6 Å². The summed E-state index contributed by atoms with van der Waals surface area (Å²) in [6.07, 6.45) is 1.59. The van der Waals surface area contributed by atoms with Crippen molar-refractivity contribution in [2.45, 2.75) is 13.8 Å². The number of nitrogen functional groups attached to an aromatic ring is 1. The van der Waals surface area contributed by atoms with Gasteiger partial charge in [0.1, 0.15) is 12.0 Å². The Labute approximate surface area is 96.9 Å². The number of nitrogens with zero attached hydrogens (tertiary/aromatic N) is 3. The number of hydrogen-bond acceptors (Lipinski definition) is 5. The Bertz CT molecular complexity index is 697. The minimum Gasteiger partial charge on any atom is -0.443 e. The van der Waals surface area contributed by atoms with Gasteiger partial charge in [-0.3, -0.25) is 5.10 Å². The van der Waals surface area contributed by atoms with Crippen molar-refractivity contribution in [1.29, 1.82) is 0 Å². The van der Waals surface area contributed by atoms with Crippen molar-refractivity contribution in [1.82, 2.24) is 20.2 Å². The largest absolute Gasteiger partial charge is 0.443 e. The van der Waals surface area contributed by atoms with E-state index in [1.165, 1.54) is 0 Å². The summed E-state index contributed by atoms with van der Waals surface area (Å²) in [7, 11) is 0. The van der Waals surface area contributed by atoms with E-state index < -0.39 is 0 Å². The highest BCUT2D eigenvalue weighted by atomic mass is 16.3. The second-order valence-corrected chi connectivity index (χ2v) is 3.93. The molecule has 3 heterocycles. The number of aromatic nitrogens is 4. The summed E-state index contributed by atoms with van der Waals surface area (Å²) in [4.78, 5) is 8.54. The molecule has 0 saturated heterocycles. The maximum atomic E-state index is 5.84. The van der Waals surface area contributed by atoms with E-state index in [0.29, 0.717) is 22.9 Å². The Morgan fingerprint density at radius 2 is 2.12 bits per heavy atom. The Balaban J connectivity index is 2.27. The Morgan fingerprint density at radius 1 is 1.29 bits per heavy atom. The topological polar surface area (TPSA) is 93.6 Å². The van der Waals surface area contributed by atoms with Gasteiger partial charge in [-0.1, -0.05) is 0 Å². The van der Waals surface area contributed by atoms with Gasteiger partial charge in [-0.25, -0.2) is 9.97 Å². The predicted molar refractivity (Wildman–Crippen MR) is 63.3 cm³/mol. The van der Waals surface area contributed by atoms with Crippen LogP contribution in [-0.2, 0) is 0 Å². The third-order valence-electron chi connectivity index (χ3n) is 2.61. The number of aromatic amines is 1. The molecule has 0 saturated carbocycles. The standard InChI is InChI=1S/C11H11N5O/c1-5-4-17-11(13-5)9-7-3-8(12)6(2)14-10(7)16-15-9/h3-4H,12H2,1-2H3,(H,14,15,16). The number of nitrogens with two attached hydrogens (primary N) is 1. The van der Waals surface area contributed by atoms with Crippen LogP contribution in [0.5, 0.6) is 0 Å². The third kappa shape index (κ3) is 1.45. The molecule has 3 N–H and O–H groups in total. The van der Waals surface area contributed by atoms with E-state index in [0.717, 1.165) is 16.8 Å². The Kier molecular flexibility index (Phi) is 1.91. The van der Waals surface area contributed by atoms with Gasteiger partial charge < -0.3 is 10.2 Å². The van der Waals surface area contributed by atoms with Crippen LogP contribution < -0.4 is 5.73 Å². The van der Waals surface area contributed by atoms with Gasteiger partial charge in [0, 0.05) is 0 Å². The molecule has 0 aliphatic heterocycles. The van der Waals surface area contributed by atoms with E-state index in [4.69, 9.17) is 10.2 Å². The van der Waals surface area contributed by atoms with Gasteiger partial charge >= 0.3 is 0 Å². The predicted octanol–water partition coefficient (Wildman–Crippen LogP) is 1.81. The zero-order valence-electron chi connectivity index (χ0n) is 9.48. The number of rotatable bonds is 1. The van der Waals surface area contributed by atoms with Crippen molar-refractivity contribution in [3.05, 3.63) is 23.7 Å². The van der Waals surface area contributed by atoms with Crippen molar-refractivity contribution < 1.29 is 4.42 Å². The Hall–Kier alpha value is -2.37. The normalized spacial score (nSPS) is 11.2. The Morgan fingerprint density at radius 3 is 2.82 bits per heavy atom. The first-order chi connectivity index (χ1) is 8.15. The van der Waals surface area contributed by atoms with Gasteiger partial charge in [0.05, 0.1) is 22.5 Å². The van der Waals surface area contributed by atoms with Gasteiger partial charge in [-0.2, -0.15) is 5.10 Å². The SMILES string of the molecule is Cc1coc(-c2[nH]nc3nc(C)c(N)cc23)n1. The summed E-state index contributed by atoms with van der Waals surface area (Å²) in [5, 5.41) is 7.80. The van der Waals surface area contributed by atoms with Gasteiger partial charge in [0.15, 0.2) is 5.65 Å². The second-order valence-electron chi connectivity index (χ2n) is 3.93. The maximum absolute atomic E-state index is 5.84. The first-order valence-corrected chi connectivity index (χ1v) is 5.19. The number of nitrogens with one attached hydrogen (secondary N) is 1. The molecule has 0 aromatic carbocycles. The lowest BCUT2D eigenvalue weighted by Gasteiger charge is -1.98. The van der Waals surface area contributed by atoms with Gasteiger partial charge in [-0.05, 0) is 19.9 Å². The number of hydrogen-bond donors (Lipinski definition) is 2. The molecule has 0 fully saturated rings. The second kappa shape index (κ2) is 3.31.